The van der Waals surface area contributed by atoms with Gasteiger partial charge in [0.15, 0.2) is 0 Å². The number of nitrogens with zero attached hydrogens (tertiary/aromatic N) is 1. The fourth-order valence-corrected chi connectivity index (χ4v) is 2.09. The third-order valence-electron chi connectivity index (χ3n) is 2.87. The van der Waals surface area contributed by atoms with Crippen LogP contribution in [0, 0.1) is 15.9 Å². The zero-order chi connectivity index (χ0) is 11.5. The first-order valence-electron chi connectivity index (χ1n) is 5.35. The van der Waals surface area contributed by atoms with Crippen LogP contribution in [0.1, 0.15) is 30.9 Å². The van der Waals surface area contributed by atoms with Gasteiger partial charge in [0.05, 0.1) is 4.92 Å². The molecule has 94 valence electrons. The number of rotatable bonds is 2. The molecule has 0 bridgehead atoms. The smallest absolute Gasteiger partial charge is 0.274 e. The molecule has 0 aromatic heterocycles. The number of nitro groups is 1. The lowest BCUT2D eigenvalue weighted by atomic mass is 9.96. The van der Waals surface area contributed by atoms with Gasteiger partial charge in [0, 0.05) is 17.7 Å². The molecule has 1 N–H and O–H groups in total. The Hall–Kier alpha value is -1.20. The van der Waals surface area contributed by atoms with E-state index < -0.39 is 10.7 Å². The molecule has 0 amide bonds. The number of piperidine rings is 1. The summed E-state index contributed by atoms with van der Waals surface area (Å²) in [6.07, 6.45) is 2.91. The first kappa shape index (κ1) is 13.9. The lowest BCUT2D eigenvalue weighted by Gasteiger charge is -2.23. The van der Waals surface area contributed by atoms with Gasteiger partial charge in [-0.1, -0.05) is 6.42 Å². The molecule has 1 atom stereocenters. The second kappa shape index (κ2) is 5.93. The highest BCUT2D eigenvalue weighted by Crippen LogP contribution is 2.30. The number of benzene rings is 1. The van der Waals surface area contributed by atoms with Crippen LogP contribution in [0.25, 0.3) is 0 Å². The molecule has 4 nitrogen and oxygen atoms in total. The molecule has 0 unspecified atom stereocenters. The molecule has 0 saturated carbocycles. The molecule has 6 heteroatoms. The van der Waals surface area contributed by atoms with Gasteiger partial charge in [-0.2, -0.15) is 0 Å². The average molecular weight is 261 g/mol. The molecule has 2 rings (SSSR count). The minimum Gasteiger partial charge on any atom is -0.310 e. The number of halogens is 2. The summed E-state index contributed by atoms with van der Waals surface area (Å²) in [4.78, 5) is 10.4. The average Bonchev–Trinajstić information content (AvgIpc) is 2.29. The minimum absolute atomic E-state index is 0. The topological polar surface area (TPSA) is 55.2 Å². The first-order chi connectivity index (χ1) is 7.68. The van der Waals surface area contributed by atoms with E-state index in [4.69, 9.17) is 0 Å². The fraction of sp³-hybridized carbons (Fsp3) is 0.455. The molecular weight excluding hydrogens is 247 g/mol. The Morgan fingerprint density at radius 3 is 2.76 bits per heavy atom. The summed E-state index contributed by atoms with van der Waals surface area (Å²) in [6.45, 7) is 0.832. The van der Waals surface area contributed by atoms with Crippen molar-refractivity contribution in [3.63, 3.8) is 0 Å². The van der Waals surface area contributed by atoms with E-state index in [0.717, 1.165) is 31.9 Å². The van der Waals surface area contributed by atoms with Crippen molar-refractivity contribution in [1.29, 1.82) is 0 Å². The molecule has 1 aliphatic heterocycles. The van der Waals surface area contributed by atoms with Crippen LogP contribution in [0.2, 0.25) is 0 Å². The van der Waals surface area contributed by atoms with E-state index in [1.807, 2.05) is 0 Å². The number of nitrogens with one attached hydrogen (secondary N) is 1. The number of hydrogen-bond donors (Lipinski definition) is 1. The Labute approximate surface area is 105 Å². The first-order valence-corrected chi connectivity index (χ1v) is 5.35. The van der Waals surface area contributed by atoms with Crippen LogP contribution in [0.5, 0.6) is 0 Å². The van der Waals surface area contributed by atoms with Crippen molar-refractivity contribution in [2.45, 2.75) is 25.3 Å². The van der Waals surface area contributed by atoms with Crippen LogP contribution in [0.15, 0.2) is 18.2 Å². The molecule has 1 aromatic rings. The lowest BCUT2D eigenvalue weighted by molar-refractivity contribution is -0.385. The molecule has 1 aliphatic rings. The van der Waals surface area contributed by atoms with Crippen molar-refractivity contribution in [1.82, 2.24) is 5.32 Å². The Morgan fingerprint density at radius 1 is 1.41 bits per heavy atom. The van der Waals surface area contributed by atoms with E-state index in [2.05, 4.69) is 5.32 Å². The summed E-state index contributed by atoms with van der Waals surface area (Å²) in [5.41, 5.74) is 0.463. The van der Waals surface area contributed by atoms with E-state index >= 15 is 0 Å². The summed E-state index contributed by atoms with van der Waals surface area (Å²) in [5.74, 6) is -0.423. The summed E-state index contributed by atoms with van der Waals surface area (Å²) in [7, 11) is 0. The summed E-state index contributed by atoms with van der Waals surface area (Å²) < 4.78 is 13.1. The maximum Gasteiger partial charge on any atom is 0.274 e. The van der Waals surface area contributed by atoms with Gasteiger partial charge in [0.25, 0.3) is 5.69 Å². The van der Waals surface area contributed by atoms with Crippen molar-refractivity contribution < 1.29 is 9.31 Å². The second-order valence-electron chi connectivity index (χ2n) is 3.96. The molecule has 1 fully saturated rings. The zero-order valence-corrected chi connectivity index (χ0v) is 10.0. The van der Waals surface area contributed by atoms with E-state index in [0.29, 0.717) is 5.56 Å². The number of nitro benzene ring substituents is 1. The van der Waals surface area contributed by atoms with Crippen LogP contribution in [0.3, 0.4) is 0 Å². The lowest BCUT2D eigenvalue weighted by Crippen LogP contribution is -2.27. The molecular formula is C11H14ClFN2O2. The second-order valence-corrected chi connectivity index (χ2v) is 3.96. The predicted molar refractivity (Wildman–Crippen MR) is 64.9 cm³/mol. The van der Waals surface area contributed by atoms with Crippen molar-refractivity contribution in [3.8, 4) is 0 Å². The molecule has 0 aliphatic carbocycles. The molecule has 1 aromatic carbocycles. The SMILES string of the molecule is Cl.O=[N+]([O-])c1ccc(F)cc1[C@H]1CCCCN1. The monoisotopic (exact) mass is 260 g/mol. The Kier molecular flexibility index (Phi) is 4.84. The van der Waals surface area contributed by atoms with Gasteiger partial charge in [-0.25, -0.2) is 4.39 Å². The van der Waals surface area contributed by atoms with Crippen LogP contribution in [-0.4, -0.2) is 11.5 Å². The molecule has 0 radical (unpaired) electrons. The van der Waals surface area contributed by atoms with Crippen molar-refractivity contribution in [3.05, 3.63) is 39.7 Å². The quantitative estimate of drug-likeness (QED) is 0.657. The van der Waals surface area contributed by atoms with E-state index in [-0.39, 0.29) is 24.1 Å². The summed E-state index contributed by atoms with van der Waals surface area (Å²) in [5, 5.41) is 14.0. The highest BCUT2D eigenvalue weighted by molar-refractivity contribution is 5.85. The van der Waals surface area contributed by atoms with Crippen molar-refractivity contribution >= 4 is 18.1 Å². The highest BCUT2D eigenvalue weighted by atomic mass is 35.5. The third kappa shape index (κ3) is 3.14. The van der Waals surface area contributed by atoms with Crippen LogP contribution >= 0.6 is 12.4 Å². The van der Waals surface area contributed by atoms with E-state index in [1.54, 1.807) is 0 Å². The van der Waals surface area contributed by atoms with Gasteiger partial charge in [-0.3, -0.25) is 10.1 Å². The van der Waals surface area contributed by atoms with E-state index in [9.17, 15) is 14.5 Å². The van der Waals surface area contributed by atoms with Crippen LogP contribution in [0.4, 0.5) is 10.1 Å². The molecule has 17 heavy (non-hydrogen) atoms. The van der Waals surface area contributed by atoms with Crippen molar-refractivity contribution in [2.24, 2.45) is 0 Å². The third-order valence-corrected chi connectivity index (χ3v) is 2.87. The van der Waals surface area contributed by atoms with Gasteiger partial charge < -0.3 is 5.32 Å². The van der Waals surface area contributed by atoms with Crippen LogP contribution < -0.4 is 5.32 Å². The summed E-state index contributed by atoms with van der Waals surface area (Å²) >= 11 is 0. The van der Waals surface area contributed by atoms with Crippen LogP contribution in [-0.2, 0) is 0 Å². The minimum atomic E-state index is -0.453. The fourth-order valence-electron chi connectivity index (χ4n) is 2.09. The molecule has 1 saturated heterocycles. The Balaban J connectivity index is 0.00000144. The summed E-state index contributed by atoms with van der Waals surface area (Å²) in [6, 6.07) is 3.54. The van der Waals surface area contributed by atoms with Gasteiger partial charge in [-0.05, 0) is 31.5 Å². The Bertz CT molecular complexity index is 408. The van der Waals surface area contributed by atoms with Gasteiger partial charge in [-0.15, -0.1) is 12.4 Å². The predicted octanol–water partition coefficient (Wildman–Crippen LogP) is 2.97. The molecule has 0 spiro atoms. The maximum atomic E-state index is 13.1. The highest BCUT2D eigenvalue weighted by Gasteiger charge is 2.23. The maximum absolute atomic E-state index is 13.1. The molecule has 1 heterocycles. The number of hydrogen-bond acceptors (Lipinski definition) is 3. The Morgan fingerprint density at radius 2 is 2.18 bits per heavy atom. The largest absolute Gasteiger partial charge is 0.310 e. The van der Waals surface area contributed by atoms with Gasteiger partial charge >= 0.3 is 0 Å². The van der Waals surface area contributed by atoms with Gasteiger partial charge in [0.1, 0.15) is 5.82 Å². The van der Waals surface area contributed by atoms with Crippen molar-refractivity contribution in [2.75, 3.05) is 6.54 Å². The normalized spacial score (nSPS) is 19.5. The van der Waals surface area contributed by atoms with E-state index in [1.165, 1.54) is 12.1 Å². The standard InChI is InChI=1S/C11H13FN2O2.ClH/c12-8-4-5-11(14(15)16)9(7-8)10-3-1-2-6-13-10;/h4-5,7,10,13H,1-3,6H2;1H/t10-;/m1./s1. The zero-order valence-electron chi connectivity index (χ0n) is 9.19. The van der Waals surface area contributed by atoms with Gasteiger partial charge in [0.2, 0.25) is 0 Å².